The summed E-state index contributed by atoms with van der Waals surface area (Å²) in [6, 6.07) is 0. The zero-order valence-corrected chi connectivity index (χ0v) is 8.14. The van der Waals surface area contributed by atoms with Crippen LogP contribution in [0.5, 0.6) is 0 Å². The molecular formula is C10H21NO. The van der Waals surface area contributed by atoms with Gasteiger partial charge in [-0.05, 0) is 12.8 Å². The van der Waals surface area contributed by atoms with Gasteiger partial charge in [-0.25, -0.2) is 0 Å². The molecule has 0 bridgehead atoms. The van der Waals surface area contributed by atoms with Gasteiger partial charge in [0.05, 0.1) is 6.61 Å². The second-order valence-corrected chi connectivity index (χ2v) is 3.96. The maximum absolute atomic E-state index is 5.77. The first kappa shape index (κ1) is 10.0. The van der Waals surface area contributed by atoms with Crippen LogP contribution in [-0.4, -0.2) is 19.8 Å². The standard InChI is InChI=1S/C10H21NO/c1-2-3-4-5-10(8-11)6-7-12-9-10/h2-9,11H2,1H3. The Morgan fingerprint density at radius 1 is 1.42 bits per heavy atom. The fourth-order valence-corrected chi connectivity index (χ4v) is 1.86. The minimum Gasteiger partial charge on any atom is -0.381 e. The van der Waals surface area contributed by atoms with Crippen molar-refractivity contribution in [2.45, 2.75) is 39.0 Å². The molecule has 0 spiro atoms. The first-order valence-electron chi connectivity index (χ1n) is 5.11. The van der Waals surface area contributed by atoms with Crippen LogP contribution in [-0.2, 0) is 4.74 Å². The molecule has 0 amide bonds. The Morgan fingerprint density at radius 2 is 2.25 bits per heavy atom. The Balaban J connectivity index is 2.24. The smallest absolute Gasteiger partial charge is 0.0535 e. The Bertz CT molecular complexity index is 119. The maximum Gasteiger partial charge on any atom is 0.0535 e. The van der Waals surface area contributed by atoms with Gasteiger partial charge in [0.25, 0.3) is 0 Å². The Morgan fingerprint density at radius 3 is 2.75 bits per heavy atom. The van der Waals surface area contributed by atoms with Gasteiger partial charge in [-0.3, -0.25) is 0 Å². The molecule has 1 heterocycles. The van der Waals surface area contributed by atoms with E-state index < -0.39 is 0 Å². The van der Waals surface area contributed by atoms with Gasteiger partial charge in [0.1, 0.15) is 0 Å². The second-order valence-electron chi connectivity index (χ2n) is 3.96. The zero-order valence-electron chi connectivity index (χ0n) is 8.14. The third kappa shape index (κ3) is 2.46. The van der Waals surface area contributed by atoms with E-state index in [0.717, 1.165) is 19.8 Å². The maximum atomic E-state index is 5.77. The van der Waals surface area contributed by atoms with Crippen molar-refractivity contribution < 1.29 is 4.74 Å². The molecule has 1 unspecified atom stereocenters. The number of hydrogen-bond donors (Lipinski definition) is 1. The van der Waals surface area contributed by atoms with Gasteiger partial charge in [0.2, 0.25) is 0 Å². The summed E-state index contributed by atoms with van der Waals surface area (Å²) in [6.45, 7) is 4.85. The topological polar surface area (TPSA) is 35.2 Å². The minimum atomic E-state index is 0.342. The number of unbranched alkanes of at least 4 members (excludes halogenated alkanes) is 2. The lowest BCUT2D eigenvalue weighted by Gasteiger charge is -2.24. The molecule has 2 N–H and O–H groups in total. The summed E-state index contributed by atoms with van der Waals surface area (Å²) in [5.74, 6) is 0. The summed E-state index contributed by atoms with van der Waals surface area (Å²) in [6.07, 6.45) is 6.38. The van der Waals surface area contributed by atoms with E-state index in [2.05, 4.69) is 6.92 Å². The van der Waals surface area contributed by atoms with E-state index in [0.29, 0.717) is 5.41 Å². The summed E-state index contributed by atoms with van der Waals surface area (Å²) in [5.41, 5.74) is 6.11. The van der Waals surface area contributed by atoms with Gasteiger partial charge in [-0.15, -0.1) is 0 Å². The van der Waals surface area contributed by atoms with Crippen molar-refractivity contribution in [1.82, 2.24) is 0 Å². The molecule has 0 aromatic rings. The molecule has 0 aliphatic carbocycles. The summed E-state index contributed by atoms with van der Waals surface area (Å²) >= 11 is 0. The van der Waals surface area contributed by atoms with E-state index in [1.54, 1.807) is 0 Å². The highest BCUT2D eigenvalue weighted by Gasteiger charge is 2.32. The van der Waals surface area contributed by atoms with Crippen LogP contribution in [0.15, 0.2) is 0 Å². The van der Waals surface area contributed by atoms with Gasteiger partial charge in [-0.2, -0.15) is 0 Å². The summed E-state index contributed by atoms with van der Waals surface area (Å²) < 4.78 is 5.40. The molecule has 1 aliphatic rings. The zero-order chi connectivity index (χ0) is 8.86. The van der Waals surface area contributed by atoms with Crippen LogP contribution >= 0.6 is 0 Å². The highest BCUT2D eigenvalue weighted by atomic mass is 16.5. The number of rotatable bonds is 5. The van der Waals surface area contributed by atoms with Gasteiger partial charge in [0, 0.05) is 18.6 Å². The molecule has 72 valence electrons. The number of ether oxygens (including phenoxy) is 1. The molecule has 2 nitrogen and oxygen atoms in total. The van der Waals surface area contributed by atoms with Crippen LogP contribution in [0.3, 0.4) is 0 Å². The monoisotopic (exact) mass is 171 g/mol. The molecule has 1 atom stereocenters. The van der Waals surface area contributed by atoms with Crippen LogP contribution in [0.1, 0.15) is 39.0 Å². The molecule has 1 fully saturated rings. The Kier molecular flexibility index (Phi) is 4.02. The normalized spacial score (nSPS) is 29.5. The molecule has 0 aromatic heterocycles. The first-order valence-corrected chi connectivity index (χ1v) is 5.11. The fourth-order valence-electron chi connectivity index (χ4n) is 1.86. The van der Waals surface area contributed by atoms with Gasteiger partial charge in [0.15, 0.2) is 0 Å². The molecule has 12 heavy (non-hydrogen) atoms. The van der Waals surface area contributed by atoms with Crippen molar-refractivity contribution in [2.75, 3.05) is 19.8 Å². The molecular weight excluding hydrogens is 150 g/mol. The summed E-state index contributed by atoms with van der Waals surface area (Å²) in [7, 11) is 0. The van der Waals surface area contributed by atoms with Gasteiger partial charge >= 0.3 is 0 Å². The molecule has 1 aliphatic heterocycles. The lowest BCUT2D eigenvalue weighted by molar-refractivity contribution is 0.148. The van der Waals surface area contributed by atoms with Crippen molar-refractivity contribution in [3.05, 3.63) is 0 Å². The van der Waals surface area contributed by atoms with Crippen molar-refractivity contribution in [3.63, 3.8) is 0 Å². The van der Waals surface area contributed by atoms with Crippen molar-refractivity contribution in [2.24, 2.45) is 11.1 Å². The van der Waals surface area contributed by atoms with E-state index in [9.17, 15) is 0 Å². The fraction of sp³-hybridized carbons (Fsp3) is 1.00. The Labute approximate surface area is 75.5 Å². The van der Waals surface area contributed by atoms with Crippen molar-refractivity contribution in [1.29, 1.82) is 0 Å². The van der Waals surface area contributed by atoms with E-state index in [1.165, 1.54) is 32.1 Å². The molecule has 2 heteroatoms. The first-order chi connectivity index (χ1) is 5.83. The quantitative estimate of drug-likeness (QED) is 0.641. The SMILES string of the molecule is CCCCCC1(CN)CCOC1. The van der Waals surface area contributed by atoms with E-state index in [1.807, 2.05) is 0 Å². The van der Waals surface area contributed by atoms with Crippen molar-refractivity contribution >= 4 is 0 Å². The van der Waals surface area contributed by atoms with Gasteiger partial charge < -0.3 is 10.5 Å². The molecule has 1 saturated heterocycles. The Hall–Kier alpha value is -0.0800. The average molecular weight is 171 g/mol. The predicted octanol–water partition coefficient (Wildman–Crippen LogP) is 1.93. The van der Waals surface area contributed by atoms with Crippen LogP contribution in [0.4, 0.5) is 0 Å². The lowest BCUT2D eigenvalue weighted by atomic mass is 9.82. The summed E-state index contributed by atoms with van der Waals surface area (Å²) in [4.78, 5) is 0. The highest BCUT2D eigenvalue weighted by Crippen LogP contribution is 2.32. The third-order valence-corrected chi connectivity index (χ3v) is 2.93. The number of nitrogens with two attached hydrogens (primary N) is 1. The van der Waals surface area contributed by atoms with E-state index in [4.69, 9.17) is 10.5 Å². The van der Waals surface area contributed by atoms with Crippen LogP contribution in [0.25, 0.3) is 0 Å². The van der Waals surface area contributed by atoms with Crippen LogP contribution in [0, 0.1) is 5.41 Å². The van der Waals surface area contributed by atoms with Crippen LogP contribution < -0.4 is 5.73 Å². The van der Waals surface area contributed by atoms with E-state index in [-0.39, 0.29) is 0 Å². The highest BCUT2D eigenvalue weighted by molar-refractivity contribution is 4.83. The molecule has 0 radical (unpaired) electrons. The van der Waals surface area contributed by atoms with E-state index >= 15 is 0 Å². The lowest BCUT2D eigenvalue weighted by Crippen LogP contribution is -2.30. The second kappa shape index (κ2) is 4.83. The number of hydrogen-bond acceptors (Lipinski definition) is 2. The van der Waals surface area contributed by atoms with Crippen LogP contribution in [0.2, 0.25) is 0 Å². The van der Waals surface area contributed by atoms with Gasteiger partial charge in [-0.1, -0.05) is 26.2 Å². The minimum absolute atomic E-state index is 0.342. The molecule has 0 aromatic carbocycles. The largest absolute Gasteiger partial charge is 0.381 e. The van der Waals surface area contributed by atoms with Crippen molar-refractivity contribution in [3.8, 4) is 0 Å². The third-order valence-electron chi connectivity index (χ3n) is 2.93. The summed E-state index contributed by atoms with van der Waals surface area (Å²) in [5, 5.41) is 0. The average Bonchev–Trinajstić information content (AvgIpc) is 2.55. The predicted molar refractivity (Wildman–Crippen MR) is 51.1 cm³/mol. The molecule has 1 rings (SSSR count). The molecule has 0 saturated carbocycles.